The molecule has 0 bridgehead atoms. The summed E-state index contributed by atoms with van der Waals surface area (Å²) in [7, 11) is -3.87. The topological polar surface area (TPSA) is 70.0 Å². The molecule has 2 rings (SSSR count). The smallest absolute Gasteiger partial charge is 0.261 e. The highest BCUT2D eigenvalue weighted by atomic mass is 32.2. The Labute approximate surface area is 122 Å². The number of nitrogens with one attached hydrogen (secondary N) is 1. The molecule has 4 nitrogen and oxygen atoms in total. The predicted molar refractivity (Wildman–Crippen MR) is 77.8 cm³/mol. The number of sulfonamides is 1. The number of hydrogen-bond donors (Lipinski definition) is 1. The van der Waals surface area contributed by atoms with Crippen LogP contribution in [0.1, 0.15) is 16.7 Å². The van der Waals surface area contributed by atoms with E-state index in [4.69, 9.17) is 5.26 Å². The first-order chi connectivity index (χ1) is 9.85. The summed E-state index contributed by atoms with van der Waals surface area (Å²) in [5.41, 5.74) is 1.40. The van der Waals surface area contributed by atoms with Gasteiger partial charge in [-0.05, 0) is 49.2 Å². The van der Waals surface area contributed by atoms with Crippen LogP contribution in [-0.2, 0) is 10.0 Å². The first-order valence-electron chi connectivity index (χ1n) is 6.14. The second-order valence-electron chi connectivity index (χ2n) is 4.63. The maximum absolute atomic E-state index is 13.5. The highest BCUT2D eigenvalue weighted by Gasteiger charge is 2.18. The van der Waals surface area contributed by atoms with E-state index in [-0.39, 0.29) is 16.1 Å². The first-order valence-corrected chi connectivity index (χ1v) is 7.62. The molecule has 0 aliphatic rings. The summed E-state index contributed by atoms with van der Waals surface area (Å²) in [5.74, 6) is -0.766. The largest absolute Gasteiger partial charge is 0.278 e. The first kappa shape index (κ1) is 15.0. The third kappa shape index (κ3) is 3.03. The van der Waals surface area contributed by atoms with Crippen LogP contribution in [-0.4, -0.2) is 8.42 Å². The van der Waals surface area contributed by atoms with Crippen LogP contribution in [0.15, 0.2) is 41.3 Å². The Kier molecular flexibility index (Phi) is 3.96. The number of halogens is 1. The molecule has 0 aliphatic heterocycles. The van der Waals surface area contributed by atoms with Crippen molar-refractivity contribution < 1.29 is 12.8 Å². The molecule has 0 fully saturated rings. The molecule has 2 aromatic carbocycles. The Morgan fingerprint density at radius 2 is 1.86 bits per heavy atom. The van der Waals surface area contributed by atoms with Crippen LogP contribution in [0.2, 0.25) is 0 Å². The van der Waals surface area contributed by atoms with E-state index < -0.39 is 15.8 Å². The van der Waals surface area contributed by atoms with Gasteiger partial charge in [-0.25, -0.2) is 12.8 Å². The summed E-state index contributed by atoms with van der Waals surface area (Å²) in [6, 6.07) is 10.1. The van der Waals surface area contributed by atoms with Gasteiger partial charge in [-0.3, -0.25) is 4.72 Å². The van der Waals surface area contributed by atoms with E-state index in [0.717, 1.165) is 17.2 Å². The molecule has 108 valence electrons. The van der Waals surface area contributed by atoms with Crippen molar-refractivity contribution >= 4 is 15.7 Å². The van der Waals surface area contributed by atoms with Crippen LogP contribution in [0.3, 0.4) is 0 Å². The third-order valence-electron chi connectivity index (χ3n) is 3.16. The van der Waals surface area contributed by atoms with Gasteiger partial charge in [0.05, 0.1) is 10.6 Å². The van der Waals surface area contributed by atoms with Crippen molar-refractivity contribution in [3.63, 3.8) is 0 Å². The van der Waals surface area contributed by atoms with Crippen LogP contribution in [0.4, 0.5) is 10.1 Å². The molecule has 0 saturated heterocycles. The molecule has 0 radical (unpaired) electrons. The lowest BCUT2D eigenvalue weighted by Gasteiger charge is -2.11. The van der Waals surface area contributed by atoms with Gasteiger partial charge in [-0.15, -0.1) is 0 Å². The molecule has 0 heterocycles. The van der Waals surface area contributed by atoms with Gasteiger partial charge < -0.3 is 0 Å². The highest BCUT2D eigenvalue weighted by molar-refractivity contribution is 7.92. The zero-order valence-electron chi connectivity index (χ0n) is 11.5. The molecule has 6 heteroatoms. The van der Waals surface area contributed by atoms with Gasteiger partial charge in [0.1, 0.15) is 17.4 Å². The highest BCUT2D eigenvalue weighted by Crippen LogP contribution is 2.22. The van der Waals surface area contributed by atoms with Crippen LogP contribution >= 0.6 is 0 Å². The van der Waals surface area contributed by atoms with Crippen LogP contribution in [0.5, 0.6) is 0 Å². The minimum absolute atomic E-state index is 0.0683. The number of anilines is 1. The normalized spacial score (nSPS) is 11.0. The van der Waals surface area contributed by atoms with Crippen molar-refractivity contribution in [2.45, 2.75) is 18.7 Å². The monoisotopic (exact) mass is 304 g/mol. The summed E-state index contributed by atoms with van der Waals surface area (Å²) in [5, 5.41) is 8.92. The summed E-state index contributed by atoms with van der Waals surface area (Å²) >= 11 is 0. The summed E-state index contributed by atoms with van der Waals surface area (Å²) in [4.78, 5) is 0.0683. The zero-order chi connectivity index (χ0) is 15.6. The van der Waals surface area contributed by atoms with Crippen molar-refractivity contribution in [1.29, 1.82) is 5.26 Å². The second kappa shape index (κ2) is 5.54. The molecule has 1 N–H and O–H groups in total. The van der Waals surface area contributed by atoms with Gasteiger partial charge in [0.15, 0.2) is 0 Å². The summed E-state index contributed by atoms with van der Waals surface area (Å²) in [6.07, 6.45) is 0. The fourth-order valence-electron chi connectivity index (χ4n) is 1.81. The molecule has 0 unspecified atom stereocenters. The van der Waals surface area contributed by atoms with E-state index in [1.165, 1.54) is 24.3 Å². The van der Waals surface area contributed by atoms with Gasteiger partial charge in [-0.1, -0.05) is 12.1 Å². The fraction of sp³-hybridized carbons (Fsp3) is 0.133. The molecule has 2 aromatic rings. The number of benzene rings is 2. The van der Waals surface area contributed by atoms with Crippen molar-refractivity contribution in [2.75, 3.05) is 4.72 Å². The van der Waals surface area contributed by atoms with Gasteiger partial charge in [0.2, 0.25) is 0 Å². The van der Waals surface area contributed by atoms with E-state index in [0.29, 0.717) is 0 Å². The number of rotatable bonds is 3. The zero-order valence-corrected chi connectivity index (χ0v) is 12.3. The molecular weight excluding hydrogens is 291 g/mol. The van der Waals surface area contributed by atoms with E-state index >= 15 is 0 Å². The van der Waals surface area contributed by atoms with Crippen LogP contribution in [0.25, 0.3) is 0 Å². The Bertz CT molecular complexity index is 839. The number of nitrogens with zero attached hydrogens (tertiary/aromatic N) is 1. The summed E-state index contributed by atoms with van der Waals surface area (Å²) < 4.78 is 40.3. The van der Waals surface area contributed by atoms with E-state index in [1.54, 1.807) is 19.1 Å². The quantitative estimate of drug-likeness (QED) is 0.947. The molecular formula is C15H13FN2O2S. The van der Waals surface area contributed by atoms with E-state index in [9.17, 15) is 12.8 Å². The molecule has 0 saturated carbocycles. The Morgan fingerprint density at radius 1 is 1.14 bits per heavy atom. The molecule has 0 aromatic heterocycles. The maximum Gasteiger partial charge on any atom is 0.261 e. The molecule has 0 atom stereocenters. The van der Waals surface area contributed by atoms with Gasteiger partial charge >= 0.3 is 0 Å². The van der Waals surface area contributed by atoms with Gasteiger partial charge in [0.25, 0.3) is 10.0 Å². The SMILES string of the molecule is Cc1ccc(S(=O)(=O)Nc2cccc(F)c2C#N)cc1C. The lowest BCUT2D eigenvalue weighted by Crippen LogP contribution is -2.14. The Morgan fingerprint density at radius 3 is 2.48 bits per heavy atom. The Balaban J connectivity index is 2.45. The van der Waals surface area contributed by atoms with Crippen molar-refractivity contribution in [1.82, 2.24) is 0 Å². The standard InChI is InChI=1S/C15H13FN2O2S/c1-10-6-7-12(8-11(10)2)21(19,20)18-15-5-3-4-14(16)13(15)9-17/h3-8,18H,1-2H3. The number of nitriles is 1. The molecule has 0 amide bonds. The number of hydrogen-bond acceptors (Lipinski definition) is 3. The van der Waals surface area contributed by atoms with Crippen LogP contribution < -0.4 is 4.72 Å². The van der Waals surface area contributed by atoms with Crippen molar-refractivity contribution in [3.05, 3.63) is 58.9 Å². The van der Waals surface area contributed by atoms with E-state index in [2.05, 4.69) is 4.72 Å². The van der Waals surface area contributed by atoms with Crippen LogP contribution in [0, 0.1) is 31.0 Å². The average molecular weight is 304 g/mol. The van der Waals surface area contributed by atoms with Gasteiger partial charge in [-0.2, -0.15) is 5.26 Å². The van der Waals surface area contributed by atoms with Crippen molar-refractivity contribution in [3.8, 4) is 6.07 Å². The number of aryl methyl sites for hydroxylation is 2. The summed E-state index contributed by atoms with van der Waals surface area (Å²) in [6.45, 7) is 3.68. The predicted octanol–water partition coefficient (Wildman–Crippen LogP) is 3.12. The fourth-order valence-corrected chi connectivity index (χ4v) is 2.96. The minimum Gasteiger partial charge on any atom is -0.278 e. The second-order valence-corrected chi connectivity index (χ2v) is 6.31. The van der Waals surface area contributed by atoms with Crippen molar-refractivity contribution in [2.24, 2.45) is 0 Å². The maximum atomic E-state index is 13.5. The minimum atomic E-state index is -3.87. The lowest BCUT2D eigenvalue weighted by molar-refractivity contribution is 0.601. The van der Waals surface area contributed by atoms with E-state index in [1.807, 2.05) is 6.92 Å². The third-order valence-corrected chi connectivity index (χ3v) is 4.52. The molecule has 21 heavy (non-hydrogen) atoms. The Hall–Kier alpha value is -2.39. The lowest BCUT2D eigenvalue weighted by atomic mass is 10.1. The molecule has 0 aliphatic carbocycles. The molecule has 0 spiro atoms. The average Bonchev–Trinajstić information content (AvgIpc) is 2.41. The van der Waals surface area contributed by atoms with Gasteiger partial charge in [0, 0.05) is 0 Å².